The van der Waals surface area contributed by atoms with Gasteiger partial charge in [0.25, 0.3) is 0 Å². The molecule has 4 nitrogen and oxygen atoms in total. The summed E-state index contributed by atoms with van der Waals surface area (Å²) in [5.74, 6) is 0.472. The van der Waals surface area contributed by atoms with E-state index >= 15 is 0 Å². The van der Waals surface area contributed by atoms with Crippen LogP contribution < -0.4 is 15.5 Å². The Morgan fingerprint density at radius 2 is 1.84 bits per heavy atom. The molecule has 1 saturated heterocycles. The zero-order chi connectivity index (χ0) is 17.4. The summed E-state index contributed by atoms with van der Waals surface area (Å²) in [6.45, 7) is 4.12. The largest absolute Gasteiger partial charge is 0.390 e. The number of nitrogens with zero attached hydrogens (tertiary/aromatic N) is 2. The van der Waals surface area contributed by atoms with Crippen molar-refractivity contribution >= 4 is 35.6 Å². The van der Waals surface area contributed by atoms with Crippen molar-refractivity contribution in [2.24, 2.45) is 4.99 Å². The van der Waals surface area contributed by atoms with Crippen LogP contribution >= 0.6 is 24.0 Å². The van der Waals surface area contributed by atoms with E-state index in [1.807, 2.05) is 25.1 Å². The highest BCUT2D eigenvalue weighted by Gasteiger charge is 2.26. The molecule has 0 bridgehead atoms. The highest BCUT2D eigenvalue weighted by molar-refractivity contribution is 14.0. The Labute approximate surface area is 164 Å². The van der Waals surface area contributed by atoms with Crippen molar-refractivity contribution < 1.29 is 13.2 Å². The van der Waals surface area contributed by atoms with Gasteiger partial charge in [0.15, 0.2) is 5.96 Å². The summed E-state index contributed by atoms with van der Waals surface area (Å²) in [5, 5.41) is 6.28. The van der Waals surface area contributed by atoms with Crippen molar-refractivity contribution in [3.05, 3.63) is 30.3 Å². The Kier molecular flexibility index (Phi) is 9.37. The average Bonchev–Trinajstić information content (AvgIpc) is 2.55. The summed E-state index contributed by atoms with van der Waals surface area (Å²) in [7, 11) is 0. The second kappa shape index (κ2) is 10.7. The fourth-order valence-corrected chi connectivity index (χ4v) is 2.73. The maximum atomic E-state index is 12.2. The first-order valence-electron chi connectivity index (χ1n) is 8.39. The Bertz CT molecular complexity index is 514. The van der Waals surface area contributed by atoms with E-state index in [1.165, 1.54) is 5.69 Å². The zero-order valence-electron chi connectivity index (χ0n) is 14.4. The number of guanidine groups is 1. The lowest BCUT2D eigenvalue weighted by Gasteiger charge is -2.34. The molecule has 0 saturated carbocycles. The quantitative estimate of drug-likeness (QED) is 0.391. The number of aliphatic imine (C=N–C) groups is 1. The summed E-state index contributed by atoms with van der Waals surface area (Å²) in [5.41, 5.74) is 1.21. The molecule has 0 unspecified atom stereocenters. The van der Waals surface area contributed by atoms with Gasteiger partial charge < -0.3 is 15.5 Å². The van der Waals surface area contributed by atoms with Gasteiger partial charge in [-0.1, -0.05) is 18.2 Å². The molecule has 2 N–H and O–H groups in total. The minimum Gasteiger partial charge on any atom is -0.371 e. The molecular formula is C17H26F3IN4. The van der Waals surface area contributed by atoms with E-state index in [-0.39, 0.29) is 36.6 Å². The highest BCUT2D eigenvalue weighted by atomic mass is 127. The normalized spacial score (nSPS) is 16.3. The van der Waals surface area contributed by atoms with Crippen LogP contribution in [0.4, 0.5) is 18.9 Å². The van der Waals surface area contributed by atoms with Gasteiger partial charge in [-0.05, 0) is 31.9 Å². The summed E-state index contributed by atoms with van der Waals surface area (Å²) < 4.78 is 36.7. The molecule has 2 rings (SSSR count). The molecule has 0 amide bonds. The lowest BCUT2D eigenvalue weighted by molar-refractivity contribution is -0.132. The van der Waals surface area contributed by atoms with E-state index in [9.17, 15) is 13.2 Å². The van der Waals surface area contributed by atoms with Crippen LogP contribution in [0.3, 0.4) is 0 Å². The predicted molar refractivity (Wildman–Crippen MR) is 107 cm³/mol. The van der Waals surface area contributed by atoms with Crippen LogP contribution in [-0.4, -0.2) is 44.4 Å². The molecule has 1 aliphatic heterocycles. The van der Waals surface area contributed by atoms with Crippen LogP contribution in [0.5, 0.6) is 0 Å². The van der Waals surface area contributed by atoms with Crippen LogP contribution in [0.25, 0.3) is 0 Å². The van der Waals surface area contributed by atoms with Crippen molar-refractivity contribution in [3.8, 4) is 0 Å². The number of nitrogens with one attached hydrogen (secondary N) is 2. The number of anilines is 1. The minimum atomic E-state index is -4.16. The van der Waals surface area contributed by atoms with E-state index in [2.05, 4.69) is 32.7 Å². The van der Waals surface area contributed by atoms with E-state index in [4.69, 9.17) is 0 Å². The molecule has 0 aliphatic carbocycles. The number of halogens is 4. The highest BCUT2D eigenvalue weighted by Crippen LogP contribution is 2.20. The molecule has 1 aromatic carbocycles. The lowest BCUT2D eigenvalue weighted by Crippen LogP contribution is -2.48. The predicted octanol–water partition coefficient (Wildman–Crippen LogP) is 3.78. The zero-order valence-corrected chi connectivity index (χ0v) is 16.7. The van der Waals surface area contributed by atoms with Crippen molar-refractivity contribution in [1.82, 2.24) is 10.6 Å². The standard InChI is InChI=1S/C17H25F3N4.HI/c1-2-21-16(22-11-10-17(18,19)20)23-14-8-12-24(13-9-14)15-6-4-3-5-7-15;/h3-7,14H,2,8-13H2,1H3,(H2,21,22,23);1H. The third-order valence-electron chi connectivity index (χ3n) is 3.97. The molecule has 8 heteroatoms. The molecule has 0 spiro atoms. The molecule has 0 radical (unpaired) electrons. The van der Waals surface area contributed by atoms with Gasteiger partial charge in [-0.15, -0.1) is 24.0 Å². The summed E-state index contributed by atoms with van der Waals surface area (Å²) in [6, 6.07) is 10.5. The van der Waals surface area contributed by atoms with Gasteiger partial charge in [0, 0.05) is 31.4 Å². The fourth-order valence-electron chi connectivity index (χ4n) is 2.73. The van der Waals surface area contributed by atoms with Crippen LogP contribution in [0, 0.1) is 0 Å². The Hall–Kier alpha value is -1.19. The van der Waals surface area contributed by atoms with Crippen molar-refractivity contribution in [2.75, 3.05) is 31.1 Å². The van der Waals surface area contributed by atoms with Gasteiger partial charge in [-0.2, -0.15) is 13.2 Å². The van der Waals surface area contributed by atoms with Crippen molar-refractivity contribution in [2.45, 2.75) is 38.4 Å². The van der Waals surface area contributed by atoms with Crippen LogP contribution in [0.1, 0.15) is 26.2 Å². The Morgan fingerprint density at radius 3 is 2.40 bits per heavy atom. The molecule has 1 heterocycles. The summed E-state index contributed by atoms with van der Waals surface area (Å²) in [6.07, 6.45) is -3.20. The number of hydrogen-bond donors (Lipinski definition) is 2. The van der Waals surface area contributed by atoms with E-state index in [1.54, 1.807) is 0 Å². The van der Waals surface area contributed by atoms with Crippen LogP contribution in [-0.2, 0) is 0 Å². The molecule has 0 aromatic heterocycles. The third-order valence-corrected chi connectivity index (χ3v) is 3.97. The van der Waals surface area contributed by atoms with Crippen molar-refractivity contribution in [1.29, 1.82) is 0 Å². The molecule has 1 aromatic rings. The Balaban J connectivity index is 0.00000312. The topological polar surface area (TPSA) is 39.7 Å². The minimum absolute atomic E-state index is 0. The Morgan fingerprint density at radius 1 is 1.20 bits per heavy atom. The first kappa shape index (κ1) is 21.9. The van der Waals surface area contributed by atoms with Crippen LogP contribution in [0.2, 0.25) is 0 Å². The first-order valence-corrected chi connectivity index (χ1v) is 8.39. The van der Waals surface area contributed by atoms with E-state index in [0.29, 0.717) is 12.5 Å². The number of piperidine rings is 1. The molecule has 1 fully saturated rings. The maximum absolute atomic E-state index is 12.2. The number of para-hydroxylation sites is 1. The molecule has 0 atom stereocenters. The summed E-state index contributed by atoms with van der Waals surface area (Å²) >= 11 is 0. The van der Waals surface area contributed by atoms with Gasteiger partial charge in [0.2, 0.25) is 0 Å². The monoisotopic (exact) mass is 470 g/mol. The lowest BCUT2D eigenvalue weighted by atomic mass is 10.0. The second-order valence-corrected chi connectivity index (χ2v) is 5.87. The first-order chi connectivity index (χ1) is 11.5. The second-order valence-electron chi connectivity index (χ2n) is 5.87. The fraction of sp³-hybridized carbons (Fsp3) is 0.588. The molecule has 25 heavy (non-hydrogen) atoms. The number of alkyl halides is 3. The van der Waals surface area contributed by atoms with Gasteiger partial charge in [0.1, 0.15) is 0 Å². The molecule has 1 aliphatic rings. The van der Waals surface area contributed by atoms with Gasteiger partial charge in [0.05, 0.1) is 13.0 Å². The van der Waals surface area contributed by atoms with Crippen molar-refractivity contribution in [3.63, 3.8) is 0 Å². The molecule has 142 valence electrons. The maximum Gasteiger partial charge on any atom is 0.390 e. The smallest absolute Gasteiger partial charge is 0.371 e. The average molecular weight is 470 g/mol. The van der Waals surface area contributed by atoms with Crippen LogP contribution in [0.15, 0.2) is 35.3 Å². The van der Waals surface area contributed by atoms with Gasteiger partial charge in [-0.3, -0.25) is 4.99 Å². The summed E-state index contributed by atoms with van der Waals surface area (Å²) in [4.78, 5) is 6.36. The number of rotatable bonds is 5. The van der Waals surface area contributed by atoms with E-state index < -0.39 is 12.6 Å². The van der Waals surface area contributed by atoms with Gasteiger partial charge >= 0.3 is 6.18 Å². The van der Waals surface area contributed by atoms with Gasteiger partial charge in [-0.25, -0.2) is 0 Å². The number of benzene rings is 1. The SMILES string of the molecule is CCNC(=NCCC(F)(F)F)NC1CCN(c2ccccc2)CC1.I. The molecular weight excluding hydrogens is 444 g/mol. The number of hydrogen-bond acceptors (Lipinski definition) is 2. The van der Waals surface area contributed by atoms with E-state index in [0.717, 1.165) is 25.9 Å². The third kappa shape index (κ3) is 8.15.